The molecule has 0 radical (unpaired) electrons. The Balaban J connectivity index is 0.000000908. The quantitative estimate of drug-likeness (QED) is 0.150. The van der Waals surface area contributed by atoms with Gasteiger partial charge in [-0.15, -0.1) is 0 Å². The van der Waals surface area contributed by atoms with Crippen molar-refractivity contribution in [3.63, 3.8) is 0 Å². The minimum atomic E-state index is -0.346. The molecule has 4 rings (SSSR count). The molecule has 44 heavy (non-hydrogen) atoms. The highest BCUT2D eigenvalue weighted by molar-refractivity contribution is 6.28. The highest BCUT2D eigenvalue weighted by atomic mass is 19.1. The van der Waals surface area contributed by atoms with Gasteiger partial charge in [-0.2, -0.15) is 0 Å². The molecule has 2 aromatic carbocycles. The molecule has 0 atom stereocenters. The van der Waals surface area contributed by atoms with Crippen LogP contribution in [0.4, 0.5) is 4.39 Å². The van der Waals surface area contributed by atoms with Gasteiger partial charge in [0.25, 0.3) is 0 Å². The number of aryl methyl sites for hydroxylation is 3. The molecule has 1 heterocycles. The second-order valence-electron chi connectivity index (χ2n) is 10.3. The van der Waals surface area contributed by atoms with Crippen molar-refractivity contribution in [3.8, 4) is 0 Å². The largest absolute Gasteiger partial charge is 0.358 e. The van der Waals surface area contributed by atoms with E-state index in [1.165, 1.54) is 43.4 Å². The molecule has 0 spiro atoms. The molecule has 0 saturated heterocycles. The van der Waals surface area contributed by atoms with E-state index in [4.69, 9.17) is 0 Å². The second kappa shape index (κ2) is 23.2. The van der Waals surface area contributed by atoms with E-state index < -0.39 is 0 Å². The maximum absolute atomic E-state index is 14.0. The molecule has 1 aliphatic rings. The Morgan fingerprint density at radius 3 is 2.05 bits per heavy atom. The average molecular weight is 606 g/mol. The number of aromatic nitrogens is 1. The number of carbonyl (C=O) groups is 2. The minimum absolute atomic E-state index is 0.0330. The number of ketones is 2. The molecule has 1 aromatic heterocycles. The van der Waals surface area contributed by atoms with E-state index in [1.807, 2.05) is 62.3 Å². The maximum atomic E-state index is 14.0. The molecular weight excluding hydrogens is 545 g/mol. The summed E-state index contributed by atoms with van der Waals surface area (Å²) in [6.07, 6.45) is 8.83. The van der Waals surface area contributed by atoms with Gasteiger partial charge in [0.15, 0.2) is 11.6 Å². The summed E-state index contributed by atoms with van der Waals surface area (Å²) in [5.41, 5.74) is 7.99. The van der Waals surface area contributed by atoms with E-state index in [2.05, 4.69) is 42.2 Å². The van der Waals surface area contributed by atoms with E-state index >= 15 is 0 Å². The summed E-state index contributed by atoms with van der Waals surface area (Å²) < 4.78 is 14.0. The monoisotopic (exact) mass is 605 g/mol. The minimum Gasteiger partial charge on any atom is -0.358 e. The predicted octanol–water partition coefficient (Wildman–Crippen LogP) is 12.1. The first-order valence-electron chi connectivity index (χ1n) is 17.1. The molecule has 244 valence electrons. The van der Waals surface area contributed by atoms with Gasteiger partial charge in [-0.1, -0.05) is 105 Å². The van der Waals surface area contributed by atoms with Crippen molar-refractivity contribution in [1.82, 2.24) is 4.98 Å². The van der Waals surface area contributed by atoms with Crippen molar-refractivity contribution in [3.05, 3.63) is 93.6 Å². The Morgan fingerprint density at radius 1 is 0.841 bits per heavy atom. The topological polar surface area (TPSA) is 49.9 Å². The van der Waals surface area contributed by atoms with Crippen molar-refractivity contribution < 1.29 is 14.0 Å². The van der Waals surface area contributed by atoms with E-state index in [9.17, 15) is 14.0 Å². The number of allylic oxidation sites excluding steroid dienone is 2. The van der Waals surface area contributed by atoms with Crippen LogP contribution in [0.15, 0.2) is 48.5 Å². The van der Waals surface area contributed by atoms with Crippen LogP contribution in [0, 0.1) is 19.7 Å². The van der Waals surface area contributed by atoms with Crippen LogP contribution < -0.4 is 0 Å². The van der Waals surface area contributed by atoms with Gasteiger partial charge in [-0.3, -0.25) is 9.59 Å². The van der Waals surface area contributed by atoms with Crippen molar-refractivity contribution in [2.24, 2.45) is 0 Å². The Hall–Kier alpha value is -3.27. The van der Waals surface area contributed by atoms with Crippen LogP contribution >= 0.6 is 0 Å². The molecule has 3 aromatic rings. The first kappa shape index (κ1) is 40.7. The van der Waals surface area contributed by atoms with Crippen molar-refractivity contribution in [1.29, 1.82) is 0 Å². The first-order chi connectivity index (χ1) is 21.3. The lowest BCUT2D eigenvalue weighted by atomic mass is 9.82. The van der Waals surface area contributed by atoms with Gasteiger partial charge >= 0.3 is 0 Å². The number of unbranched alkanes of at least 4 members (excludes halogenated alkanes) is 2. The van der Waals surface area contributed by atoms with Gasteiger partial charge in [-0.25, -0.2) is 4.39 Å². The molecule has 1 N–H and O–H groups in total. The van der Waals surface area contributed by atoms with Gasteiger partial charge in [0.1, 0.15) is 5.82 Å². The SMILES string of the molecule is CC.CC.CC.CCCC(=O)/C(=C1/CCCc2c1[nH]c(C)c2C(C)=O)c1cc(F)ccc1C.CCCCCc1ccccc1. The number of hydrogen-bond acceptors (Lipinski definition) is 2. The van der Waals surface area contributed by atoms with Gasteiger partial charge < -0.3 is 4.98 Å². The Kier molecular flexibility index (Phi) is 21.4. The zero-order chi connectivity index (χ0) is 33.7. The van der Waals surface area contributed by atoms with Crippen LogP contribution in [0.1, 0.15) is 151 Å². The third-order valence-electron chi connectivity index (χ3n) is 7.24. The number of H-pyrrole nitrogens is 1. The van der Waals surface area contributed by atoms with E-state index in [-0.39, 0.29) is 17.4 Å². The Morgan fingerprint density at radius 2 is 1.48 bits per heavy atom. The number of halogens is 1. The second-order valence-corrected chi connectivity index (χ2v) is 10.3. The Labute approximate surface area is 268 Å². The van der Waals surface area contributed by atoms with Crippen LogP contribution in [0.5, 0.6) is 0 Å². The molecule has 3 nitrogen and oxygen atoms in total. The van der Waals surface area contributed by atoms with E-state index in [0.717, 1.165) is 59.3 Å². The van der Waals surface area contributed by atoms with Crippen LogP contribution in [-0.2, 0) is 17.6 Å². The predicted molar refractivity (Wildman–Crippen MR) is 190 cm³/mol. The van der Waals surface area contributed by atoms with Crippen molar-refractivity contribution in [2.75, 3.05) is 0 Å². The fourth-order valence-electron chi connectivity index (χ4n) is 5.40. The van der Waals surface area contributed by atoms with Crippen LogP contribution in [-0.4, -0.2) is 16.6 Å². The number of nitrogens with one attached hydrogen (secondary N) is 1. The molecule has 0 saturated carbocycles. The molecule has 1 aliphatic carbocycles. The van der Waals surface area contributed by atoms with Crippen LogP contribution in [0.3, 0.4) is 0 Å². The Bertz CT molecular complexity index is 1280. The average Bonchev–Trinajstić information content (AvgIpc) is 3.40. The molecule has 0 bridgehead atoms. The fourth-order valence-corrected chi connectivity index (χ4v) is 5.40. The van der Waals surface area contributed by atoms with Crippen LogP contribution in [0.2, 0.25) is 0 Å². The number of aromatic amines is 1. The summed E-state index contributed by atoms with van der Waals surface area (Å²) in [5.74, 6) is -0.276. The summed E-state index contributed by atoms with van der Waals surface area (Å²) in [5, 5.41) is 0. The lowest BCUT2D eigenvalue weighted by molar-refractivity contribution is -0.113. The maximum Gasteiger partial charge on any atom is 0.163 e. The van der Waals surface area contributed by atoms with E-state index in [0.29, 0.717) is 17.6 Å². The van der Waals surface area contributed by atoms with Gasteiger partial charge in [-0.05, 0) is 99.3 Å². The number of hydrogen-bond donors (Lipinski definition) is 1. The summed E-state index contributed by atoms with van der Waals surface area (Å²) in [4.78, 5) is 28.6. The van der Waals surface area contributed by atoms with E-state index in [1.54, 1.807) is 13.0 Å². The summed E-state index contributed by atoms with van der Waals surface area (Å²) >= 11 is 0. The molecule has 0 amide bonds. The highest BCUT2D eigenvalue weighted by Gasteiger charge is 2.28. The van der Waals surface area contributed by atoms with Crippen LogP contribution in [0.25, 0.3) is 11.1 Å². The zero-order valence-electron chi connectivity index (χ0n) is 29.7. The number of rotatable bonds is 9. The number of Topliss-reactive ketones (excluding diaryl/α,β-unsaturated/α-hetero) is 2. The number of benzene rings is 2. The lowest BCUT2D eigenvalue weighted by Gasteiger charge is -2.21. The summed E-state index contributed by atoms with van der Waals surface area (Å²) in [6, 6.07) is 15.3. The normalized spacial score (nSPS) is 12.4. The molecule has 0 aliphatic heterocycles. The third-order valence-corrected chi connectivity index (χ3v) is 7.24. The molecule has 4 heteroatoms. The number of fused-ring (bicyclic) bond motifs is 1. The van der Waals surface area contributed by atoms with Crippen molar-refractivity contribution in [2.45, 2.75) is 134 Å². The first-order valence-corrected chi connectivity index (χ1v) is 17.1. The van der Waals surface area contributed by atoms with Gasteiger partial charge in [0.2, 0.25) is 0 Å². The summed E-state index contributed by atoms with van der Waals surface area (Å²) in [7, 11) is 0. The fraction of sp³-hybridized carbons (Fsp3) is 0.500. The van der Waals surface area contributed by atoms with Crippen molar-refractivity contribution >= 4 is 22.7 Å². The third kappa shape index (κ3) is 12.0. The highest BCUT2D eigenvalue weighted by Crippen LogP contribution is 2.40. The molecule has 0 fully saturated rings. The molecule has 0 unspecified atom stereocenters. The standard InChI is InChI=1S/C23H26FNO2.C11H16.3C2H6/c1-5-7-20(27)22(19-12-16(24)11-10-13(19)2)18-9-6-8-17-21(15(4)26)14(3)25-23(17)18;1-2-3-5-8-11-9-6-4-7-10-11;3*1-2/h10-12,25H,5-9H2,1-4H3;4,6-7,9-10H,2-3,5,8H2,1H3;3*1-2H3/b22-18-;;;;. The van der Waals surface area contributed by atoms with Gasteiger partial charge in [0.05, 0.1) is 0 Å². The summed E-state index contributed by atoms with van der Waals surface area (Å²) in [6.45, 7) is 21.6. The lowest BCUT2D eigenvalue weighted by Crippen LogP contribution is -2.11. The zero-order valence-corrected chi connectivity index (χ0v) is 29.7. The molecular formula is C40H60FNO2. The smallest absolute Gasteiger partial charge is 0.163 e. The van der Waals surface area contributed by atoms with Gasteiger partial charge in [0, 0.05) is 28.9 Å². The number of carbonyl (C=O) groups excluding carboxylic acids is 2.